The molecule has 0 amide bonds. The number of esters is 1. The van der Waals surface area contributed by atoms with Crippen LogP contribution >= 0.6 is 0 Å². The lowest BCUT2D eigenvalue weighted by atomic mass is 9.81. The van der Waals surface area contributed by atoms with Crippen LogP contribution in [0.15, 0.2) is 12.2 Å². The van der Waals surface area contributed by atoms with E-state index in [2.05, 4.69) is 4.74 Å². The van der Waals surface area contributed by atoms with Crippen LogP contribution in [0.3, 0.4) is 0 Å². The van der Waals surface area contributed by atoms with E-state index in [1.54, 1.807) is 0 Å². The number of methoxy groups -OCH3 is 1. The van der Waals surface area contributed by atoms with Crippen molar-refractivity contribution in [3.05, 3.63) is 18.6 Å². The molecule has 0 fully saturated rings. The van der Waals surface area contributed by atoms with Gasteiger partial charge in [0.1, 0.15) is 11.7 Å². The van der Waals surface area contributed by atoms with Gasteiger partial charge in [-0.2, -0.15) is 0 Å². The van der Waals surface area contributed by atoms with Crippen LogP contribution in [0.2, 0.25) is 0 Å². The minimum absolute atomic E-state index is 0.00458. The van der Waals surface area contributed by atoms with Crippen molar-refractivity contribution >= 4 is 11.8 Å². The minimum atomic E-state index is -0.620. The average Bonchev–Trinajstić information content (AvgIpc) is 2.19. The maximum atomic E-state index is 11.4. The van der Waals surface area contributed by atoms with Crippen LogP contribution in [0.5, 0.6) is 0 Å². The zero-order valence-electron chi connectivity index (χ0n) is 8.53. The molecule has 0 aromatic carbocycles. The zero-order chi connectivity index (χ0) is 10.6. The highest BCUT2D eigenvalue weighted by Crippen LogP contribution is 2.26. The minimum Gasteiger partial charge on any atom is -0.468 e. The highest BCUT2D eigenvalue weighted by Gasteiger charge is 2.32. The Hall–Kier alpha value is -1.12. The molecule has 0 bridgehead atoms. The lowest BCUT2D eigenvalue weighted by molar-refractivity contribution is -0.150. The van der Waals surface area contributed by atoms with Gasteiger partial charge in [-0.1, -0.05) is 12.2 Å². The van der Waals surface area contributed by atoms with Gasteiger partial charge in [-0.25, -0.2) is 0 Å². The van der Waals surface area contributed by atoms with E-state index in [4.69, 9.17) is 0 Å². The van der Waals surface area contributed by atoms with E-state index >= 15 is 0 Å². The molecule has 77 valence electrons. The second kappa shape index (κ2) is 4.94. The van der Waals surface area contributed by atoms with E-state index in [-0.39, 0.29) is 11.7 Å². The summed E-state index contributed by atoms with van der Waals surface area (Å²) < 4.78 is 4.62. The van der Waals surface area contributed by atoms with Crippen LogP contribution in [-0.4, -0.2) is 18.9 Å². The molecule has 2 atom stereocenters. The van der Waals surface area contributed by atoms with Crippen LogP contribution < -0.4 is 0 Å². The SMILES string of the molecule is COC(=O)C(C(C)=O)C1[CH]C=CCC1. The third kappa shape index (κ3) is 2.44. The molecule has 0 aliphatic heterocycles. The molecule has 3 nitrogen and oxygen atoms in total. The first kappa shape index (κ1) is 11.0. The van der Waals surface area contributed by atoms with E-state index in [0.717, 1.165) is 12.8 Å². The van der Waals surface area contributed by atoms with Gasteiger partial charge in [-0.15, -0.1) is 0 Å². The van der Waals surface area contributed by atoms with Crippen LogP contribution in [0, 0.1) is 18.3 Å². The average molecular weight is 195 g/mol. The monoisotopic (exact) mass is 195 g/mol. The van der Waals surface area contributed by atoms with Crippen molar-refractivity contribution in [3.63, 3.8) is 0 Å². The van der Waals surface area contributed by atoms with Crippen molar-refractivity contribution in [2.45, 2.75) is 19.8 Å². The number of ketones is 1. The van der Waals surface area contributed by atoms with Crippen molar-refractivity contribution in [3.8, 4) is 0 Å². The zero-order valence-corrected chi connectivity index (χ0v) is 8.53. The van der Waals surface area contributed by atoms with Gasteiger partial charge in [-0.3, -0.25) is 9.59 Å². The lowest BCUT2D eigenvalue weighted by Gasteiger charge is -2.23. The largest absolute Gasteiger partial charge is 0.468 e. The molecule has 0 heterocycles. The predicted molar refractivity (Wildman–Crippen MR) is 52.4 cm³/mol. The molecule has 1 aliphatic rings. The Morgan fingerprint density at radius 2 is 2.21 bits per heavy atom. The van der Waals surface area contributed by atoms with Gasteiger partial charge >= 0.3 is 5.97 Å². The summed E-state index contributed by atoms with van der Waals surface area (Å²) >= 11 is 0. The first-order chi connectivity index (χ1) is 6.66. The van der Waals surface area contributed by atoms with E-state index < -0.39 is 11.9 Å². The van der Waals surface area contributed by atoms with Crippen molar-refractivity contribution < 1.29 is 14.3 Å². The van der Waals surface area contributed by atoms with Gasteiger partial charge in [-0.05, 0) is 32.1 Å². The molecule has 1 radical (unpaired) electrons. The van der Waals surface area contributed by atoms with E-state index in [0.29, 0.717) is 0 Å². The number of rotatable bonds is 3. The van der Waals surface area contributed by atoms with Gasteiger partial charge in [0.15, 0.2) is 0 Å². The lowest BCUT2D eigenvalue weighted by Crippen LogP contribution is -2.31. The molecule has 1 aliphatic carbocycles. The number of allylic oxidation sites excluding steroid dienone is 2. The molecular weight excluding hydrogens is 180 g/mol. The topological polar surface area (TPSA) is 43.4 Å². The van der Waals surface area contributed by atoms with Crippen LogP contribution in [0.25, 0.3) is 0 Å². The molecular formula is C11H15O3. The molecule has 0 N–H and O–H groups in total. The normalized spacial score (nSPS) is 22.9. The highest BCUT2D eigenvalue weighted by molar-refractivity contribution is 5.98. The molecule has 0 spiro atoms. The molecule has 0 aromatic rings. The fraction of sp³-hybridized carbons (Fsp3) is 0.545. The summed E-state index contributed by atoms with van der Waals surface area (Å²) in [5, 5.41) is 0. The van der Waals surface area contributed by atoms with Crippen LogP contribution in [-0.2, 0) is 14.3 Å². The molecule has 2 unspecified atom stereocenters. The maximum Gasteiger partial charge on any atom is 0.316 e. The summed E-state index contributed by atoms with van der Waals surface area (Å²) in [6.45, 7) is 1.44. The van der Waals surface area contributed by atoms with Gasteiger partial charge in [0.05, 0.1) is 7.11 Å². The van der Waals surface area contributed by atoms with Crippen LogP contribution in [0.1, 0.15) is 19.8 Å². The standard InChI is InChI=1S/C11H15O3/c1-8(12)10(11(13)14-2)9-6-4-3-5-7-9/h3-4,6,9-10H,5,7H2,1-2H3. The Kier molecular flexibility index (Phi) is 3.86. The summed E-state index contributed by atoms with van der Waals surface area (Å²) in [4.78, 5) is 22.7. The fourth-order valence-electron chi connectivity index (χ4n) is 1.75. The van der Waals surface area contributed by atoms with Crippen molar-refractivity contribution in [2.75, 3.05) is 7.11 Å². The van der Waals surface area contributed by atoms with Gasteiger partial charge in [0.2, 0.25) is 0 Å². The molecule has 0 saturated carbocycles. The maximum absolute atomic E-state index is 11.4. The Balaban J connectivity index is 2.71. The van der Waals surface area contributed by atoms with Crippen molar-refractivity contribution in [2.24, 2.45) is 11.8 Å². The number of Topliss-reactive ketones (excluding diaryl/α,β-unsaturated/α-hetero) is 1. The summed E-state index contributed by atoms with van der Waals surface area (Å²) in [5.74, 6) is -1.16. The van der Waals surface area contributed by atoms with Gasteiger partial charge in [0.25, 0.3) is 0 Å². The molecule has 0 aromatic heterocycles. The Labute approximate surface area is 84.1 Å². The molecule has 0 saturated heterocycles. The van der Waals surface area contributed by atoms with Crippen LogP contribution in [0.4, 0.5) is 0 Å². The molecule has 14 heavy (non-hydrogen) atoms. The second-order valence-electron chi connectivity index (χ2n) is 3.47. The third-order valence-corrected chi connectivity index (χ3v) is 2.48. The van der Waals surface area contributed by atoms with Crippen molar-refractivity contribution in [1.82, 2.24) is 0 Å². The summed E-state index contributed by atoms with van der Waals surface area (Å²) in [6, 6.07) is 0. The first-order valence-corrected chi connectivity index (χ1v) is 4.75. The first-order valence-electron chi connectivity index (χ1n) is 4.75. The number of hydrogen-bond acceptors (Lipinski definition) is 3. The smallest absolute Gasteiger partial charge is 0.316 e. The van der Waals surface area contributed by atoms with Crippen molar-refractivity contribution in [1.29, 1.82) is 0 Å². The van der Waals surface area contributed by atoms with E-state index in [1.807, 2.05) is 18.6 Å². The fourth-order valence-corrected chi connectivity index (χ4v) is 1.75. The Bertz CT molecular complexity index is 255. The predicted octanol–water partition coefficient (Wildman–Crippen LogP) is 1.54. The van der Waals surface area contributed by atoms with Gasteiger partial charge in [0, 0.05) is 0 Å². The Morgan fingerprint density at radius 3 is 2.64 bits per heavy atom. The number of carbonyl (C=O) groups excluding carboxylic acids is 2. The number of hydrogen-bond donors (Lipinski definition) is 0. The quantitative estimate of drug-likeness (QED) is 0.506. The van der Waals surface area contributed by atoms with E-state index in [9.17, 15) is 9.59 Å². The molecule has 3 heteroatoms. The summed E-state index contributed by atoms with van der Waals surface area (Å²) in [5.41, 5.74) is 0. The molecule has 1 rings (SSSR count). The van der Waals surface area contributed by atoms with Gasteiger partial charge < -0.3 is 4.74 Å². The van der Waals surface area contributed by atoms with E-state index in [1.165, 1.54) is 14.0 Å². The number of ether oxygens (including phenoxy) is 1. The Morgan fingerprint density at radius 1 is 1.50 bits per heavy atom. The summed E-state index contributed by atoms with van der Waals surface area (Å²) in [6.07, 6.45) is 7.61. The number of carbonyl (C=O) groups is 2. The summed E-state index contributed by atoms with van der Waals surface area (Å²) in [7, 11) is 1.32. The highest BCUT2D eigenvalue weighted by atomic mass is 16.5. The third-order valence-electron chi connectivity index (χ3n) is 2.48. The second-order valence-corrected chi connectivity index (χ2v) is 3.47.